The minimum atomic E-state index is -0.135. The van der Waals surface area contributed by atoms with Crippen LogP contribution in [0.4, 0.5) is 0 Å². The van der Waals surface area contributed by atoms with Gasteiger partial charge in [-0.05, 0) is 46.8 Å². The number of rotatable bonds is 6. The molecule has 0 aliphatic rings. The number of phenolic OH excluding ortho intramolecular Hbond substituents is 1. The van der Waals surface area contributed by atoms with Crippen molar-refractivity contribution in [1.29, 1.82) is 0 Å². The molecule has 1 aromatic carbocycles. The maximum absolute atomic E-state index is 11.1. The lowest BCUT2D eigenvalue weighted by atomic mass is 9.78. The quantitative estimate of drug-likeness (QED) is 0.570. The fourth-order valence-electron chi connectivity index (χ4n) is 2.86. The summed E-state index contributed by atoms with van der Waals surface area (Å²) in [4.78, 5) is 11.1. The highest BCUT2D eigenvalue weighted by atomic mass is 16.5. The number of hydrogen-bond acceptors (Lipinski definition) is 3. The molecule has 24 heavy (non-hydrogen) atoms. The Morgan fingerprint density at radius 2 is 1.46 bits per heavy atom. The number of hydrogen-bond donors (Lipinski definition) is 1. The fraction of sp³-hybridized carbons (Fsp3) is 0.667. The zero-order chi connectivity index (χ0) is 18.5. The highest BCUT2D eigenvalue weighted by Gasteiger charge is 2.26. The maximum atomic E-state index is 11.1. The first kappa shape index (κ1) is 20.5. The molecule has 1 rings (SSSR count). The Morgan fingerprint density at radius 3 is 1.88 bits per heavy atom. The molecule has 0 radical (unpaired) electrons. The summed E-state index contributed by atoms with van der Waals surface area (Å²) in [6, 6.07) is 4.29. The molecule has 3 heteroatoms. The van der Waals surface area contributed by atoms with Crippen molar-refractivity contribution in [2.75, 3.05) is 7.11 Å². The lowest BCUT2D eigenvalue weighted by molar-refractivity contribution is -0.140. The SMILES string of the molecule is COC(=O)CCCCCc1cc(C(C)(C)C)c(O)c(C(C)(C)C)c1. The van der Waals surface area contributed by atoms with Crippen LogP contribution in [-0.4, -0.2) is 18.2 Å². The predicted molar refractivity (Wildman–Crippen MR) is 99.7 cm³/mol. The monoisotopic (exact) mass is 334 g/mol. The normalized spacial score (nSPS) is 12.3. The Hall–Kier alpha value is -1.51. The Morgan fingerprint density at radius 1 is 0.958 bits per heavy atom. The van der Waals surface area contributed by atoms with Crippen LogP contribution in [0.5, 0.6) is 5.75 Å². The van der Waals surface area contributed by atoms with Gasteiger partial charge in [0.15, 0.2) is 0 Å². The number of unbranched alkanes of at least 4 members (excludes halogenated alkanes) is 2. The molecule has 3 nitrogen and oxygen atoms in total. The first-order valence-electron chi connectivity index (χ1n) is 8.90. The second-order valence-electron chi connectivity index (χ2n) is 8.68. The number of aromatic hydroxyl groups is 1. The van der Waals surface area contributed by atoms with Crippen molar-refractivity contribution in [3.63, 3.8) is 0 Å². The van der Waals surface area contributed by atoms with E-state index in [1.54, 1.807) is 0 Å². The molecule has 0 saturated carbocycles. The minimum Gasteiger partial charge on any atom is -0.507 e. The Bertz CT molecular complexity index is 524. The van der Waals surface area contributed by atoms with E-state index < -0.39 is 0 Å². The lowest BCUT2D eigenvalue weighted by Crippen LogP contribution is -2.18. The second-order valence-corrected chi connectivity index (χ2v) is 8.68. The Kier molecular flexibility index (Phi) is 6.88. The summed E-state index contributed by atoms with van der Waals surface area (Å²) in [5.41, 5.74) is 3.11. The van der Waals surface area contributed by atoms with Crippen LogP contribution in [0.3, 0.4) is 0 Å². The largest absolute Gasteiger partial charge is 0.507 e. The molecule has 0 aliphatic carbocycles. The van der Waals surface area contributed by atoms with Crippen molar-refractivity contribution in [3.8, 4) is 5.75 Å². The molecular weight excluding hydrogens is 300 g/mol. The molecule has 0 fully saturated rings. The number of carbonyl (C=O) groups excluding carboxylic acids is 1. The third-order valence-electron chi connectivity index (χ3n) is 4.36. The molecule has 0 atom stereocenters. The van der Waals surface area contributed by atoms with E-state index in [0.717, 1.165) is 36.8 Å². The molecule has 0 heterocycles. The molecule has 0 aromatic heterocycles. The van der Waals surface area contributed by atoms with Crippen molar-refractivity contribution in [1.82, 2.24) is 0 Å². The van der Waals surface area contributed by atoms with E-state index in [1.807, 2.05) is 0 Å². The topological polar surface area (TPSA) is 46.5 Å². The smallest absolute Gasteiger partial charge is 0.305 e. The van der Waals surface area contributed by atoms with Crippen molar-refractivity contribution >= 4 is 5.97 Å². The van der Waals surface area contributed by atoms with E-state index >= 15 is 0 Å². The Labute approximate surface area is 147 Å². The van der Waals surface area contributed by atoms with Crippen LogP contribution in [0.1, 0.15) is 83.9 Å². The number of aryl methyl sites for hydroxylation is 1. The van der Waals surface area contributed by atoms with Gasteiger partial charge >= 0.3 is 5.97 Å². The van der Waals surface area contributed by atoms with Crippen LogP contribution in [0.25, 0.3) is 0 Å². The van der Waals surface area contributed by atoms with Gasteiger partial charge in [-0.3, -0.25) is 4.79 Å². The van der Waals surface area contributed by atoms with Crippen LogP contribution in [0, 0.1) is 0 Å². The molecule has 1 aromatic rings. The first-order valence-corrected chi connectivity index (χ1v) is 8.90. The van der Waals surface area contributed by atoms with E-state index in [-0.39, 0.29) is 16.8 Å². The number of phenols is 1. The third-order valence-corrected chi connectivity index (χ3v) is 4.36. The van der Waals surface area contributed by atoms with E-state index in [1.165, 1.54) is 12.7 Å². The highest BCUT2D eigenvalue weighted by Crippen LogP contribution is 2.40. The van der Waals surface area contributed by atoms with Gasteiger partial charge in [-0.2, -0.15) is 0 Å². The zero-order valence-electron chi connectivity index (χ0n) is 16.5. The van der Waals surface area contributed by atoms with Crippen molar-refractivity contribution in [2.24, 2.45) is 0 Å². The molecule has 0 saturated heterocycles. The molecule has 1 N–H and O–H groups in total. The van der Waals surface area contributed by atoms with Crippen molar-refractivity contribution in [3.05, 3.63) is 28.8 Å². The molecule has 0 amide bonds. The summed E-state index contributed by atoms with van der Waals surface area (Å²) in [5, 5.41) is 10.7. The van der Waals surface area contributed by atoms with Crippen molar-refractivity contribution in [2.45, 2.75) is 84.5 Å². The molecule has 0 unspecified atom stereocenters. The van der Waals surface area contributed by atoms with Crippen LogP contribution >= 0.6 is 0 Å². The maximum Gasteiger partial charge on any atom is 0.305 e. The first-order chi connectivity index (χ1) is 11.0. The zero-order valence-corrected chi connectivity index (χ0v) is 16.5. The van der Waals surface area contributed by atoms with Crippen LogP contribution in [0.15, 0.2) is 12.1 Å². The lowest BCUT2D eigenvalue weighted by Gasteiger charge is -2.28. The second kappa shape index (κ2) is 8.04. The molecule has 136 valence electrons. The van der Waals surface area contributed by atoms with E-state index in [0.29, 0.717) is 12.2 Å². The van der Waals surface area contributed by atoms with Gasteiger partial charge < -0.3 is 9.84 Å². The number of carbonyl (C=O) groups is 1. The van der Waals surface area contributed by atoms with Gasteiger partial charge in [-0.15, -0.1) is 0 Å². The van der Waals surface area contributed by atoms with E-state index in [2.05, 4.69) is 58.4 Å². The summed E-state index contributed by atoms with van der Waals surface area (Å²) in [5.74, 6) is 0.300. The summed E-state index contributed by atoms with van der Waals surface area (Å²) in [6.07, 6.45) is 4.36. The van der Waals surface area contributed by atoms with Crippen LogP contribution in [0.2, 0.25) is 0 Å². The minimum absolute atomic E-state index is 0.0923. The standard InChI is InChI=1S/C21H34O3/c1-20(2,3)16-13-15(11-9-8-10-12-18(22)24-7)14-17(19(16)23)21(4,5)6/h13-14,23H,8-12H2,1-7H3. The fourth-order valence-corrected chi connectivity index (χ4v) is 2.86. The van der Waals surface area contributed by atoms with Crippen molar-refractivity contribution < 1.29 is 14.6 Å². The van der Waals surface area contributed by atoms with Crippen LogP contribution < -0.4 is 0 Å². The molecule has 0 spiro atoms. The highest BCUT2D eigenvalue weighted by molar-refractivity contribution is 5.68. The van der Waals surface area contributed by atoms with Gasteiger partial charge in [-0.1, -0.05) is 60.1 Å². The van der Waals surface area contributed by atoms with Gasteiger partial charge in [-0.25, -0.2) is 0 Å². The van der Waals surface area contributed by atoms with Crippen LogP contribution in [-0.2, 0) is 26.8 Å². The number of ether oxygens (including phenoxy) is 1. The molecular formula is C21H34O3. The Balaban J connectivity index is 2.89. The van der Waals surface area contributed by atoms with Gasteiger partial charge in [0, 0.05) is 6.42 Å². The van der Waals surface area contributed by atoms with Gasteiger partial charge in [0.25, 0.3) is 0 Å². The van der Waals surface area contributed by atoms with E-state index in [4.69, 9.17) is 0 Å². The average Bonchev–Trinajstić information content (AvgIpc) is 2.45. The molecule has 0 aliphatic heterocycles. The number of esters is 1. The van der Waals surface area contributed by atoms with Gasteiger partial charge in [0.1, 0.15) is 5.75 Å². The van der Waals surface area contributed by atoms with Gasteiger partial charge in [0.2, 0.25) is 0 Å². The third kappa shape index (κ3) is 5.85. The number of methoxy groups -OCH3 is 1. The summed E-state index contributed by atoms with van der Waals surface area (Å²) < 4.78 is 4.67. The summed E-state index contributed by atoms with van der Waals surface area (Å²) in [7, 11) is 1.43. The van der Waals surface area contributed by atoms with Gasteiger partial charge in [0.05, 0.1) is 7.11 Å². The summed E-state index contributed by atoms with van der Waals surface area (Å²) >= 11 is 0. The average molecular weight is 335 g/mol. The number of benzene rings is 1. The van der Waals surface area contributed by atoms with E-state index in [9.17, 15) is 9.90 Å². The predicted octanol–water partition coefficient (Wildman–Crippen LogP) is 5.26. The molecule has 0 bridgehead atoms. The summed E-state index contributed by atoms with van der Waals surface area (Å²) in [6.45, 7) is 12.8.